The Morgan fingerprint density at radius 1 is 1.07 bits per heavy atom. The molecule has 0 aliphatic carbocycles. The molecule has 0 saturated heterocycles. The van der Waals surface area contributed by atoms with Gasteiger partial charge in [0.05, 0.1) is 18.2 Å². The third-order valence-corrected chi connectivity index (χ3v) is 4.29. The molecule has 2 N–H and O–H groups in total. The maximum Gasteiger partial charge on any atom is 0.309 e. The number of nitrogens with one attached hydrogen (secondary N) is 2. The average Bonchev–Trinajstić information content (AvgIpc) is 2.72. The zero-order valence-corrected chi connectivity index (χ0v) is 15.3. The summed E-state index contributed by atoms with van der Waals surface area (Å²) in [4.78, 5) is 28.8. The molecule has 3 rings (SSSR count). The van der Waals surface area contributed by atoms with E-state index >= 15 is 0 Å². The minimum absolute atomic E-state index is 0.152. The number of methoxy groups -OCH3 is 1. The number of aromatic nitrogens is 1. The second-order valence-electron chi connectivity index (χ2n) is 6.20. The highest BCUT2D eigenvalue weighted by molar-refractivity contribution is 6.35. The second kappa shape index (κ2) is 9.05. The third kappa shape index (κ3) is 4.69. The molecule has 144 valence electrons. The van der Waals surface area contributed by atoms with Crippen LogP contribution < -0.4 is 10.6 Å². The molecule has 1 heterocycles. The zero-order chi connectivity index (χ0) is 19.9. The van der Waals surface area contributed by atoms with Crippen molar-refractivity contribution in [1.29, 1.82) is 0 Å². The second-order valence-corrected chi connectivity index (χ2v) is 6.20. The highest BCUT2D eigenvalue weighted by atomic mass is 19.1. The first-order valence-corrected chi connectivity index (χ1v) is 8.74. The summed E-state index contributed by atoms with van der Waals surface area (Å²) in [5, 5.41) is 6.15. The summed E-state index contributed by atoms with van der Waals surface area (Å²) >= 11 is 0. The lowest BCUT2D eigenvalue weighted by molar-refractivity contribution is -0.140. The van der Waals surface area contributed by atoms with E-state index in [9.17, 15) is 14.0 Å². The summed E-state index contributed by atoms with van der Waals surface area (Å²) in [5.41, 5.74) is 2.32. The maximum absolute atomic E-state index is 13.1. The quantitative estimate of drug-likeness (QED) is 0.643. The van der Waals surface area contributed by atoms with E-state index in [1.807, 2.05) is 30.3 Å². The molecular weight excluding hydrogens is 361 g/mol. The van der Waals surface area contributed by atoms with E-state index in [4.69, 9.17) is 4.74 Å². The van der Waals surface area contributed by atoms with Crippen LogP contribution in [0.1, 0.15) is 17.2 Å². The first-order valence-electron chi connectivity index (χ1n) is 8.74. The molecule has 1 aromatic heterocycles. The van der Waals surface area contributed by atoms with Gasteiger partial charge in [0.1, 0.15) is 5.82 Å². The number of halogens is 1. The van der Waals surface area contributed by atoms with Crippen LogP contribution >= 0.6 is 0 Å². The van der Waals surface area contributed by atoms with E-state index in [-0.39, 0.29) is 19.0 Å². The highest BCUT2D eigenvalue weighted by Gasteiger charge is 2.20. The molecule has 2 amide bonds. The molecule has 0 radical (unpaired) electrons. The number of carbonyl (C=O) groups is 2. The van der Waals surface area contributed by atoms with Gasteiger partial charge in [-0.15, -0.1) is 0 Å². The normalized spacial score (nSPS) is 11.8. The molecule has 1 atom stereocenters. The zero-order valence-electron chi connectivity index (χ0n) is 15.3. The van der Waals surface area contributed by atoms with Gasteiger partial charge in [-0.3, -0.25) is 14.6 Å². The van der Waals surface area contributed by atoms with Gasteiger partial charge < -0.3 is 15.4 Å². The first kappa shape index (κ1) is 19.4. The minimum atomic E-state index is -0.787. The van der Waals surface area contributed by atoms with Crippen molar-refractivity contribution in [3.63, 3.8) is 0 Å². The van der Waals surface area contributed by atoms with Crippen molar-refractivity contribution < 1.29 is 18.7 Å². The fraction of sp³-hybridized carbons (Fsp3) is 0.190. The third-order valence-electron chi connectivity index (χ3n) is 4.29. The number of hydrogen-bond donors (Lipinski definition) is 2. The van der Waals surface area contributed by atoms with Crippen LogP contribution in [0.2, 0.25) is 0 Å². The monoisotopic (exact) mass is 381 g/mol. The Hall–Kier alpha value is -3.32. The van der Waals surface area contributed by atoms with Gasteiger partial charge in [0.2, 0.25) is 0 Å². The molecule has 0 aliphatic rings. The fourth-order valence-electron chi connectivity index (χ4n) is 2.88. The molecule has 3 aromatic rings. The number of fused-ring (bicyclic) bond motifs is 1. The van der Waals surface area contributed by atoms with E-state index in [0.29, 0.717) is 5.56 Å². The SMILES string of the molecule is COCC(NC(=O)C(=O)NCc1cccc2ncccc12)c1ccc(F)cc1. The number of hydrogen-bond acceptors (Lipinski definition) is 4. The number of ether oxygens (including phenoxy) is 1. The van der Waals surface area contributed by atoms with E-state index in [0.717, 1.165) is 16.5 Å². The van der Waals surface area contributed by atoms with Crippen molar-refractivity contribution in [2.24, 2.45) is 0 Å². The summed E-state index contributed by atoms with van der Waals surface area (Å²) in [6.45, 7) is 0.348. The predicted molar refractivity (Wildman–Crippen MR) is 103 cm³/mol. The van der Waals surface area contributed by atoms with Crippen molar-refractivity contribution in [1.82, 2.24) is 15.6 Å². The molecule has 0 aliphatic heterocycles. The van der Waals surface area contributed by atoms with Crippen molar-refractivity contribution in [3.8, 4) is 0 Å². The Morgan fingerprint density at radius 2 is 1.86 bits per heavy atom. The van der Waals surface area contributed by atoms with Gasteiger partial charge in [0.25, 0.3) is 0 Å². The average molecular weight is 381 g/mol. The van der Waals surface area contributed by atoms with Crippen LogP contribution in [-0.2, 0) is 20.9 Å². The first-order chi connectivity index (χ1) is 13.6. The maximum atomic E-state index is 13.1. The molecule has 7 heteroatoms. The minimum Gasteiger partial charge on any atom is -0.382 e. The number of rotatable bonds is 6. The molecular formula is C21H20FN3O3. The lowest BCUT2D eigenvalue weighted by Crippen LogP contribution is -2.42. The Bertz CT molecular complexity index is 971. The summed E-state index contributed by atoms with van der Waals surface area (Å²) < 4.78 is 18.2. The molecule has 1 unspecified atom stereocenters. The van der Waals surface area contributed by atoms with Gasteiger partial charge >= 0.3 is 11.8 Å². The van der Waals surface area contributed by atoms with E-state index in [1.165, 1.54) is 19.2 Å². The van der Waals surface area contributed by atoms with Crippen LogP contribution in [0.15, 0.2) is 60.8 Å². The van der Waals surface area contributed by atoms with Crippen LogP contribution in [0.25, 0.3) is 10.9 Å². The van der Waals surface area contributed by atoms with Crippen molar-refractivity contribution in [3.05, 3.63) is 77.7 Å². The summed E-state index contributed by atoms with van der Waals surface area (Å²) in [7, 11) is 1.48. The lowest BCUT2D eigenvalue weighted by atomic mass is 10.1. The number of pyridine rings is 1. The molecule has 2 aromatic carbocycles. The van der Waals surface area contributed by atoms with Crippen LogP contribution in [0.4, 0.5) is 4.39 Å². The van der Waals surface area contributed by atoms with Gasteiger partial charge in [-0.2, -0.15) is 0 Å². The van der Waals surface area contributed by atoms with Crippen LogP contribution in [0, 0.1) is 5.82 Å². The van der Waals surface area contributed by atoms with Crippen molar-refractivity contribution in [2.75, 3.05) is 13.7 Å². The van der Waals surface area contributed by atoms with Gasteiger partial charge in [0.15, 0.2) is 0 Å². The van der Waals surface area contributed by atoms with Gasteiger partial charge in [-0.1, -0.05) is 30.3 Å². The van der Waals surface area contributed by atoms with E-state index in [1.54, 1.807) is 18.3 Å². The van der Waals surface area contributed by atoms with E-state index < -0.39 is 17.9 Å². The summed E-state index contributed by atoms with van der Waals surface area (Å²) in [6, 6.07) is 14.4. The van der Waals surface area contributed by atoms with Crippen molar-refractivity contribution >= 4 is 22.7 Å². The smallest absolute Gasteiger partial charge is 0.309 e. The molecule has 28 heavy (non-hydrogen) atoms. The number of amides is 2. The number of nitrogens with zero attached hydrogens (tertiary/aromatic N) is 1. The van der Waals surface area contributed by atoms with Crippen LogP contribution in [0.5, 0.6) is 0 Å². The van der Waals surface area contributed by atoms with Gasteiger partial charge in [-0.25, -0.2) is 4.39 Å². The fourth-order valence-corrected chi connectivity index (χ4v) is 2.88. The predicted octanol–water partition coefficient (Wildman–Crippen LogP) is 2.49. The van der Waals surface area contributed by atoms with Gasteiger partial charge in [0, 0.05) is 25.2 Å². The van der Waals surface area contributed by atoms with E-state index in [2.05, 4.69) is 15.6 Å². The molecule has 0 fully saturated rings. The molecule has 0 spiro atoms. The Labute approximate surface area is 161 Å². The highest BCUT2D eigenvalue weighted by Crippen LogP contribution is 2.16. The molecule has 6 nitrogen and oxygen atoms in total. The largest absolute Gasteiger partial charge is 0.382 e. The van der Waals surface area contributed by atoms with Crippen LogP contribution in [0.3, 0.4) is 0 Å². The standard InChI is InChI=1S/C21H20FN3O3/c1-28-13-19(14-7-9-16(22)10-8-14)25-21(27)20(26)24-12-15-4-2-6-18-17(15)5-3-11-23-18/h2-11,19H,12-13H2,1H3,(H,24,26)(H,25,27). The number of benzene rings is 2. The van der Waals surface area contributed by atoms with Crippen molar-refractivity contribution in [2.45, 2.75) is 12.6 Å². The summed E-state index contributed by atoms with van der Waals surface area (Å²) in [6.07, 6.45) is 1.70. The number of carbonyl (C=O) groups excluding carboxylic acids is 2. The molecule has 0 bridgehead atoms. The Morgan fingerprint density at radius 3 is 2.61 bits per heavy atom. The summed E-state index contributed by atoms with van der Waals surface area (Å²) in [5.74, 6) is -1.93. The molecule has 0 saturated carbocycles. The lowest BCUT2D eigenvalue weighted by Gasteiger charge is -2.18. The Balaban J connectivity index is 1.64. The Kier molecular flexibility index (Phi) is 6.29. The van der Waals surface area contributed by atoms with Crippen LogP contribution in [-0.4, -0.2) is 30.5 Å². The van der Waals surface area contributed by atoms with Gasteiger partial charge in [-0.05, 0) is 35.4 Å². The topological polar surface area (TPSA) is 80.3 Å².